The van der Waals surface area contributed by atoms with Crippen molar-refractivity contribution in [3.05, 3.63) is 63.6 Å². The molecule has 0 unspecified atom stereocenters. The average Bonchev–Trinajstić information content (AvgIpc) is 2.98. The Morgan fingerprint density at radius 2 is 1.96 bits per heavy atom. The van der Waals surface area contributed by atoms with Gasteiger partial charge in [-0.15, -0.1) is 0 Å². The van der Waals surface area contributed by atoms with Gasteiger partial charge in [0.05, 0.1) is 11.5 Å². The molecular formula is C19H19BrClNO4S. The van der Waals surface area contributed by atoms with Gasteiger partial charge in [-0.3, -0.25) is 4.79 Å². The van der Waals surface area contributed by atoms with Gasteiger partial charge in [0, 0.05) is 22.1 Å². The van der Waals surface area contributed by atoms with Crippen molar-refractivity contribution in [3.63, 3.8) is 0 Å². The van der Waals surface area contributed by atoms with Gasteiger partial charge in [-0.25, -0.2) is 8.42 Å². The zero-order valence-electron chi connectivity index (χ0n) is 14.5. The molecule has 144 valence electrons. The molecule has 5 nitrogen and oxygen atoms in total. The molecule has 1 atom stereocenters. The number of carbonyl (C=O) groups excluding carboxylic acids is 1. The molecular weight excluding hydrogens is 454 g/mol. The first-order valence-corrected chi connectivity index (χ1v) is 11.4. The summed E-state index contributed by atoms with van der Waals surface area (Å²) in [5.41, 5.74) is 0.851. The van der Waals surface area contributed by atoms with Gasteiger partial charge in [-0.05, 0) is 48.4 Å². The molecule has 0 bridgehead atoms. The average molecular weight is 473 g/mol. The minimum Gasteiger partial charge on any atom is -0.484 e. The topological polar surface area (TPSA) is 63.7 Å². The molecule has 8 heteroatoms. The number of ether oxygens (including phenoxy) is 1. The van der Waals surface area contributed by atoms with Crippen molar-refractivity contribution < 1.29 is 17.9 Å². The minimum absolute atomic E-state index is 0.0163. The van der Waals surface area contributed by atoms with Crippen LogP contribution in [0.1, 0.15) is 12.0 Å². The molecule has 1 saturated heterocycles. The fourth-order valence-electron chi connectivity index (χ4n) is 3.03. The van der Waals surface area contributed by atoms with Gasteiger partial charge in [0.2, 0.25) is 0 Å². The number of sulfone groups is 1. The van der Waals surface area contributed by atoms with Crippen LogP contribution in [0.4, 0.5) is 0 Å². The number of amides is 1. The van der Waals surface area contributed by atoms with Crippen LogP contribution in [-0.4, -0.2) is 43.4 Å². The van der Waals surface area contributed by atoms with Gasteiger partial charge >= 0.3 is 0 Å². The second-order valence-electron chi connectivity index (χ2n) is 6.45. The van der Waals surface area contributed by atoms with E-state index in [1.165, 1.54) is 0 Å². The van der Waals surface area contributed by atoms with Gasteiger partial charge in [0.25, 0.3) is 5.91 Å². The molecule has 0 N–H and O–H groups in total. The summed E-state index contributed by atoms with van der Waals surface area (Å²) in [6, 6.07) is 14.0. The smallest absolute Gasteiger partial charge is 0.261 e. The molecule has 0 aliphatic carbocycles. The maximum absolute atomic E-state index is 12.8. The third-order valence-electron chi connectivity index (χ3n) is 4.39. The van der Waals surface area contributed by atoms with Crippen LogP contribution in [0.25, 0.3) is 0 Å². The Balaban J connectivity index is 1.73. The lowest BCUT2D eigenvalue weighted by Gasteiger charge is -2.28. The van der Waals surface area contributed by atoms with E-state index < -0.39 is 9.84 Å². The van der Waals surface area contributed by atoms with Crippen molar-refractivity contribution >= 4 is 43.3 Å². The minimum atomic E-state index is -3.11. The van der Waals surface area contributed by atoms with Crippen molar-refractivity contribution in [3.8, 4) is 5.75 Å². The third-order valence-corrected chi connectivity index (χ3v) is 6.90. The maximum Gasteiger partial charge on any atom is 0.261 e. The molecule has 0 aromatic heterocycles. The lowest BCUT2D eigenvalue weighted by atomic mass is 10.1. The van der Waals surface area contributed by atoms with E-state index >= 15 is 0 Å². The molecule has 0 saturated carbocycles. The molecule has 2 aromatic carbocycles. The van der Waals surface area contributed by atoms with E-state index in [0.29, 0.717) is 23.7 Å². The zero-order chi connectivity index (χ0) is 19.4. The predicted octanol–water partition coefficient (Wildman–Crippen LogP) is 3.70. The molecule has 1 heterocycles. The predicted molar refractivity (Wildman–Crippen MR) is 109 cm³/mol. The Morgan fingerprint density at radius 3 is 2.59 bits per heavy atom. The highest BCUT2D eigenvalue weighted by molar-refractivity contribution is 9.10. The Bertz CT molecular complexity index is 918. The molecule has 1 amide bonds. The van der Waals surface area contributed by atoms with Gasteiger partial charge in [0.15, 0.2) is 16.4 Å². The highest BCUT2D eigenvalue weighted by atomic mass is 79.9. The van der Waals surface area contributed by atoms with Gasteiger partial charge < -0.3 is 9.64 Å². The number of nitrogens with zero attached hydrogens (tertiary/aromatic N) is 1. The molecule has 2 aromatic rings. The monoisotopic (exact) mass is 471 g/mol. The highest BCUT2D eigenvalue weighted by Crippen LogP contribution is 2.22. The summed E-state index contributed by atoms with van der Waals surface area (Å²) in [6.45, 7) is 0.141. The van der Waals surface area contributed by atoms with E-state index in [0.717, 1.165) is 10.0 Å². The number of benzene rings is 2. The largest absolute Gasteiger partial charge is 0.484 e. The van der Waals surface area contributed by atoms with Crippen LogP contribution in [0, 0.1) is 0 Å². The summed E-state index contributed by atoms with van der Waals surface area (Å²) in [7, 11) is -3.11. The lowest BCUT2D eigenvalue weighted by molar-refractivity contribution is -0.136. The number of hydrogen-bond donors (Lipinski definition) is 0. The SMILES string of the molecule is O=C(COc1ccc(Br)cc1)N(Cc1cccc(Cl)c1)[C@@H]1CCS(=O)(=O)C1. The zero-order valence-corrected chi connectivity index (χ0v) is 17.6. The first-order valence-electron chi connectivity index (χ1n) is 8.45. The first-order chi connectivity index (χ1) is 12.8. The lowest BCUT2D eigenvalue weighted by Crippen LogP contribution is -2.43. The summed E-state index contributed by atoms with van der Waals surface area (Å²) in [5, 5.41) is 0.574. The molecule has 27 heavy (non-hydrogen) atoms. The van der Waals surface area contributed by atoms with Crippen LogP contribution in [-0.2, 0) is 21.2 Å². The first kappa shape index (κ1) is 20.2. The van der Waals surface area contributed by atoms with Crippen LogP contribution >= 0.6 is 27.5 Å². The number of hydrogen-bond acceptors (Lipinski definition) is 4. The van der Waals surface area contributed by atoms with Gasteiger partial charge in [-0.1, -0.05) is 39.7 Å². The number of carbonyl (C=O) groups is 1. The summed E-state index contributed by atoms with van der Waals surface area (Å²) < 4.78 is 30.3. The van der Waals surface area contributed by atoms with Crippen molar-refractivity contribution in [2.24, 2.45) is 0 Å². The summed E-state index contributed by atoms with van der Waals surface area (Å²) in [4.78, 5) is 14.4. The van der Waals surface area contributed by atoms with Crippen LogP contribution in [0.15, 0.2) is 53.0 Å². The van der Waals surface area contributed by atoms with E-state index in [1.807, 2.05) is 24.3 Å². The van der Waals surface area contributed by atoms with Crippen molar-refractivity contribution in [1.82, 2.24) is 4.90 Å². The second-order valence-corrected chi connectivity index (χ2v) is 10.0. The fourth-order valence-corrected chi connectivity index (χ4v) is 5.24. The summed E-state index contributed by atoms with van der Waals surface area (Å²) >= 11 is 9.39. The van der Waals surface area contributed by atoms with Gasteiger partial charge in [-0.2, -0.15) is 0 Å². The Hall–Kier alpha value is -1.57. The van der Waals surface area contributed by atoms with E-state index in [2.05, 4.69) is 15.9 Å². The highest BCUT2D eigenvalue weighted by Gasteiger charge is 2.34. The van der Waals surface area contributed by atoms with Gasteiger partial charge in [0.1, 0.15) is 5.75 Å². The van der Waals surface area contributed by atoms with E-state index in [4.69, 9.17) is 16.3 Å². The van der Waals surface area contributed by atoms with Crippen LogP contribution in [0.3, 0.4) is 0 Å². The normalized spacial score (nSPS) is 18.2. The third kappa shape index (κ3) is 5.70. The van der Waals surface area contributed by atoms with Crippen molar-refractivity contribution in [1.29, 1.82) is 0 Å². The van der Waals surface area contributed by atoms with Crippen molar-refractivity contribution in [2.75, 3.05) is 18.1 Å². The standard InChI is InChI=1S/C19H19BrClNO4S/c20-15-4-6-18(7-5-15)26-12-19(23)22(17-8-9-27(24,25)13-17)11-14-2-1-3-16(21)10-14/h1-7,10,17H,8-9,11-13H2/t17-/m1/s1. The Labute approximate surface area is 172 Å². The maximum atomic E-state index is 12.8. The molecule has 1 fully saturated rings. The molecule has 0 radical (unpaired) electrons. The summed E-state index contributed by atoms with van der Waals surface area (Å²) in [5.74, 6) is 0.413. The van der Waals surface area contributed by atoms with E-state index in [1.54, 1.807) is 29.2 Å². The molecule has 1 aliphatic heterocycles. The quantitative estimate of drug-likeness (QED) is 0.643. The number of rotatable bonds is 6. The second kappa shape index (κ2) is 8.63. The van der Waals surface area contributed by atoms with Crippen LogP contribution in [0.2, 0.25) is 5.02 Å². The van der Waals surface area contributed by atoms with Crippen LogP contribution < -0.4 is 4.74 Å². The Morgan fingerprint density at radius 1 is 1.22 bits per heavy atom. The van der Waals surface area contributed by atoms with Crippen molar-refractivity contribution in [2.45, 2.75) is 19.0 Å². The van der Waals surface area contributed by atoms with Crippen LogP contribution in [0.5, 0.6) is 5.75 Å². The number of halogens is 2. The summed E-state index contributed by atoms with van der Waals surface area (Å²) in [6.07, 6.45) is 0.437. The fraction of sp³-hybridized carbons (Fsp3) is 0.316. The molecule has 0 spiro atoms. The molecule has 1 aliphatic rings. The molecule has 3 rings (SSSR count). The Kier molecular flexibility index (Phi) is 6.44. The van der Waals surface area contributed by atoms with E-state index in [9.17, 15) is 13.2 Å². The van der Waals surface area contributed by atoms with E-state index in [-0.39, 0.29) is 30.1 Å².